The van der Waals surface area contributed by atoms with Crippen molar-refractivity contribution in [2.24, 2.45) is 5.92 Å². The highest BCUT2D eigenvalue weighted by Crippen LogP contribution is 2.22. The fourth-order valence-corrected chi connectivity index (χ4v) is 0.984. The third-order valence-electron chi connectivity index (χ3n) is 1.84. The third-order valence-corrected chi connectivity index (χ3v) is 1.84. The number of nitriles is 1. The average molecular weight is 224 g/mol. The van der Waals surface area contributed by atoms with Gasteiger partial charge in [0.25, 0.3) is 0 Å². The maximum atomic E-state index is 13.1. The van der Waals surface area contributed by atoms with Crippen molar-refractivity contribution in [2.45, 2.75) is 6.92 Å². The van der Waals surface area contributed by atoms with Gasteiger partial charge >= 0.3 is 5.69 Å². The molecule has 1 rings (SSSR count). The van der Waals surface area contributed by atoms with E-state index < -0.39 is 16.4 Å². The monoisotopic (exact) mass is 224 g/mol. The highest BCUT2D eigenvalue weighted by atomic mass is 19.1. The second kappa shape index (κ2) is 5.07. The van der Waals surface area contributed by atoms with Crippen molar-refractivity contribution in [1.82, 2.24) is 0 Å². The Kier molecular flexibility index (Phi) is 3.78. The molecule has 0 bridgehead atoms. The smallest absolute Gasteiger partial charge is 0.305 e. The van der Waals surface area contributed by atoms with Crippen LogP contribution in [0.3, 0.4) is 0 Å². The van der Waals surface area contributed by atoms with Gasteiger partial charge in [-0.25, -0.2) is 0 Å². The molecule has 0 radical (unpaired) electrons. The first-order valence-corrected chi connectivity index (χ1v) is 4.51. The Morgan fingerprint density at radius 2 is 2.38 bits per heavy atom. The van der Waals surface area contributed by atoms with Gasteiger partial charge < -0.3 is 4.74 Å². The van der Waals surface area contributed by atoms with Crippen molar-refractivity contribution in [2.75, 3.05) is 6.61 Å². The van der Waals surface area contributed by atoms with E-state index in [9.17, 15) is 14.5 Å². The predicted octanol–water partition coefficient (Wildman–Crippen LogP) is 2.27. The molecule has 0 spiro atoms. The van der Waals surface area contributed by atoms with Gasteiger partial charge in [-0.05, 0) is 13.0 Å². The van der Waals surface area contributed by atoms with Crippen LogP contribution >= 0.6 is 0 Å². The van der Waals surface area contributed by atoms with Crippen LogP contribution in [0.15, 0.2) is 18.2 Å². The van der Waals surface area contributed by atoms with Crippen molar-refractivity contribution in [3.05, 3.63) is 34.1 Å². The van der Waals surface area contributed by atoms with Gasteiger partial charge in [-0.3, -0.25) is 10.1 Å². The average Bonchev–Trinajstić information content (AvgIpc) is 2.25. The van der Waals surface area contributed by atoms with Gasteiger partial charge in [0, 0.05) is 12.1 Å². The van der Waals surface area contributed by atoms with Crippen LogP contribution in [0.1, 0.15) is 6.92 Å². The molecule has 0 aliphatic heterocycles. The molecule has 0 N–H and O–H groups in total. The summed E-state index contributed by atoms with van der Waals surface area (Å²) in [5, 5.41) is 18.8. The molecule has 16 heavy (non-hydrogen) atoms. The van der Waals surface area contributed by atoms with E-state index in [1.807, 2.05) is 6.07 Å². The molecule has 1 aromatic carbocycles. The van der Waals surface area contributed by atoms with Crippen LogP contribution in [-0.2, 0) is 0 Å². The molecule has 0 aromatic heterocycles. The third kappa shape index (κ3) is 2.92. The molecule has 6 heteroatoms. The van der Waals surface area contributed by atoms with Crippen molar-refractivity contribution < 1.29 is 14.1 Å². The Balaban J connectivity index is 2.75. The van der Waals surface area contributed by atoms with E-state index >= 15 is 0 Å². The number of benzene rings is 1. The maximum absolute atomic E-state index is 13.1. The number of rotatable bonds is 4. The Labute approximate surface area is 91.2 Å². The zero-order chi connectivity index (χ0) is 12.1. The summed E-state index contributed by atoms with van der Waals surface area (Å²) in [6.45, 7) is 1.77. The maximum Gasteiger partial charge on any atom is 0.305 e. The van der Waals surface area contributed by atoms with E-state index in [-0.39, 0.29) is 18.3 Å². The number of hydrogen-bond acceptors (Lipinski definition) is 4. The van der Waals surface area contributed by atoms with Crippen LogP contribution in [0.5, 0.6) is 5.75 Å². The van der Waals surface area contributed by atoms with Crippen molar-refractivity contribution in [3.63, 3.8) is 0 Å². The molecule has 1 unspecified atom stereocenters. The highest BCUT2D eigenvalue weighted by molar-refractivity contribution is 5.37. The number of ether oxygens (including phenoxy) is 1. The van der Waals surface area contributed by atoms with Gasteiger partial charge in [-0.1, -0.05) is 0 Å². The number of nitro groups is 1. The zero-order valence-electron chi connectivity index (χ0n) is 8.51. The first-order valence-electron chi connectivity index (χ1n) is 4.51. The van der Waals surface area contributed by atoms with Crippen molar-refractivity contribution in [1.29, 1.82) is 5.26 Å². The molecule has 0 aliphatic carbocycles. The quantitative estimate of drug-likeness (QED) is 0.580. The molecule has 0 aliphatic rings. The Morgan fingerprint density at radius 1 is 1.69 bits per heavy atom. The topological polar surface area (TPSA) is 76.2 Å². The second-order valence-electron chi connectivity index (χ2n) is 3.21. The summed E-state index contributed by atoms with van der Waals surface area (Å²) in [6, 6.07) is 5.21. The Morgan fingerprint density at radius 3 is 2.88 bits per heavy atom. The minimum Gasteiger partial charge on any atom is -0.492 e. The van der Waals surface area contributed by atoms with Crippen molar-refractivity contribution >= 4 is 5.69 Å². The Hall–Kier alpha value is -2.16. The first kappa shape index (κ1) is 11.9. The second-order valence-corrected chi connectivity index (χ2v) is 3.21. The molecular weight excluding hydrogens is 215 g/mol. The molecule has 0 fully saturated rings. The zero-order valence-corrected chi connectivity index (χ0v) is 8.51. The molecule has 0 amide bonds. The minimum atomic E-state index is -0.952. The van der Waals surface area contributed by atoms with Gasteiger partial charge in [0.2, 0.25) is 5.82 Å². The molecule has 0 heterocycles. The molecule has 0 saturated carbocycles. The summed E-state index contributed by atoms with van der Waals surface area (Å²) in [7, 11) is 0. The molecule has 1 atom stereocenters. The van der Waals surface area contributed by atoms with Gasteiger partial charge in [0.1, 0.15) is 12.4 Å². The largest absolute Gasteiger partial charge is 0.492 e. The lowest BCUT2D eigenvalue weighted by Gasteiger charge is -2.06. The minimum absolute atomic E-state index is 0.119. The molecule has 1 aromatic rings. The fourth-order valence-electron chi connectivity index (χ4n) is 0.984. The van der Waals surface area contributed by atoms with Gasteiger partial charge in [-0.15, -0.1) is 0 Å². The van der Waals surface area contributed by atoms with E-state index in [0.29, 0.717) is 0 Å². The molecule has 5 nitrogen and oxygen atoms in total. The van der Waals surface area contributed by atoms with Gasteiger partial charge in [0.15, 0.2) is 0 Å². The van der Waals surface area contributed by atoms with E-state index in [2.05, 4.69) is 0 Å². The lowest BCUT2D eigenvalue weighted by molar-refractivity contribution is -0.387. The summed E-state index contributed by atoms with van der Waals surface area (Å²) in [5.41, 5.74) is -0.597. The molecular formula is C10H9FN2O3. The van der Waals surface area contributed by atoms with Gasteiger partial charge in [-0.2, -0.15) is 9.65 Å². The lowest BCUT2D eigenvalue weighted by Crippen LogP contribution is -2.06. The highest BCUT2D eigenvalue weighted by Gasteiger charge is 2.14. The number of nitrogens with zero attached hydrogens (tertiary/aromatic N) is 2. The summed E-state index contributed by atoms with van der Waals surface area (Å²) in [5.74, 6) is -1.10. The van der Waals surface area contributed by atoms with Crippen LogP contribution in [-0.4, -0.2) is 11.5 Å². The van der Waals surface area contributed by atoms with Crippen LogP contribution in [0.4, 0.5) is 10.1 Å². The standard InChI is InChI=1S/C10H9FN2O3/c1-7(5-12)6-16-8-2-3-10(13(14)15)9(11)4-8/h2-4,7H,6H2,1H3. The number of halogens is 1. The summed E-state index contributed by atoms with van der Waals surface area (Å²) in [6.07, 6.45) is 0. The summed E-state index contributed by atoms with van der Waals surface area (Å²) in [4.78, 5) is 9.52. The van der Waals surface area contributed by atoms with E-state index in [1.54, 1.807) is 6.92 Å². The van der Waals surface area contributed by atoms with Crippen LogP contribution < -0.4 is 4.74 Å². The van der Waals surface area contributed by atoms with Gasteiger partial charge in [0.05, 0.1) is 16.9 Å². The molecule has 84 valence electrons. The van der Waals surface area contributed by atoms with Crippen LogP contribution in [0.25, 0.3) is 0 Å². The molecule has 0 saturated heterocycles. The normalized spacial score (nSPS) is 11.6. The number of hydrogen-bond donors (Lipinski definition) is 0. The van der Waals surface area contributed by atoms with E-state index in [0.717, 1.165) is 12.1 Å². The van der Waals surface area contributed by atoms with Crippen LogP contribution in [0.2, 0.25) is 0 Å². The summed E-state index contributed by atoms with van der Waals surface area (Å²) >= 11 is 0. The summed E-state index contributed by atoms with van der Waals surface area (Å²) < 4.78 is 18.2. The fraction of sp³-hybridized carbons (Fsp3) is 0.300. The van der Waals surface area contributed by atoms with E-state index in [1.165, 1.54) is 6.07 Å². The van der Waals surface area contributed by atoms with Crippen molar-refractivity contribution in [3.8, 4) is 11.8 Å². The SMILES string of the molecule is CC(C#N)COc1ccc([N+](=O)[O-])c(F)c1. The van der Waals surface area contributed by atoms with Crippen LogP contribution in [0, 0.1) is 33.2 Å². The first-order chi connectivity index (χ1) is 7.54. The van der Waals surface area contributed by atoms with E-state index in [4.69, 9.17) is 10.00 Å². The lowest BCUT2D eigenvalue weighted by atomic mass is 10.2. The Bertz CT molecular complexity index is 442. The predicted molar refractivity (Wildman–Crippen MR) is 53.3 cm³/mol. The number of nitro benzene ring substituents is 1.